The summed E-state index contributed by atoms with van der Waals surface area (Å²) < 4.78 is 41.6. The van der Waals surface area contributed by atoms with Gasteiger partial charge in [0.25, 0.3) is 0 Å². The molecule has 4 aromatic carbocycles. The van der Waals surface area contributed by atoms with Crippen molar-refractivity contribution in [2.45, 2.75) is 18.2 Å². The molecule has 0 fully saturated rings. The maximum atomic E-state index is 14.2. The number of amides is 2. The lowest BCUT2D eigenvalue weighted by Gasteiger charge is -2.20. The van der Waals surface area contributed by atoms with Gasteiger partial charge in [0.15, 0.2) is 5.82 Å². The van der Waals surface area contributed by atoms with Gasteiger partial charge in [-0.25, -0.2) is 23.1 Å². The predicted octanol–water partition coefficient (Wildman–Crippen LogP) is 7.01. The molecule has 6 aromatic rings. The molecule has 1 atom stereocenters. The Bertz CT molecular complexity index is 1930. The van der Waals surface area contributed by atoms with Gasteiger partial charge in [-0.15, -0.1) is 11.3 Å². The second-order valence-electron chi connectivity index (χ2n) is 9.79. The van der Waals surface area contributed by atoms with Gasteiger partial charge in [0.1, 0.15) is 28.2 Å². The lowest BCUT2D eigenvalue weighted by Crippen LogP contribution is -2.46. The summed E-state index contributed by atoms with van der Waals surface area (Å²) in [6.45, 7) is 0. The van der Waals surface area contributed by atoms with Gasteiger partial charge in [-0.3, -0.25) is 9.59 Å². The van der Waals surface area contributed by atoms with Crippen molar-refractivity contribution < 1.29 is 22.8 Å². The first-order valence-electron chi connectivity index (χ1n) is 13.3. The molecule has 2 amide bonds. The summed E-state index contributed by atoms with van der Waals surface area (Å²) in [5.41, 5.74) is 2.70. The first-order valence-corrected chi connectivity index (χ1v) is 15.3. The molecule has 2 aromatic heterocycles. The summed E-state index contributed by atoms with van der Waals surface area (Å²) in [4.78, 5) is 35.8. The lowest BCUT2D eigenvalue weighted by atomic mass is 10.1. The Labute approximate surface area is 252 Å². The number of nitrogens with zero attached hydrogens (tertiary/aromatic N) is 2. The highest BCUT2D eigenvalue weighted by Gasteiger charge is 2.23. The van der Waals surface area contributed by atoms with E-state index >= 15 is 0 Å². The number of hydrogen-bond donors (Lipinski definition) is 2. The normalized spacial score (nSPS) is 12.1. The number of hydrogen-bond acceptors (Lipinski definition) is 6. The van der Waals surface area contributed by atoms with Gasteiger partial charge in [-0.1, -0.05) is 48.5 Å². The topological polar surface area (TPSA) is 84.0 Å². The number of pyridine rings is 1. The minimum atomic E-state index is -0.952. The smallest absolute Gasteiger partial charge is 0.247 e. The maximum absolute atomic E-state index is 14.2. The molecule has 0 aliphatic heterocycles. The average molecular weight is 617 g/mol. The Morgan fingerprint density at radius 1 is 0.837 bits per heavy atom. The van der Waals surface area contributed by atoms with Gasteiger partial charge in [0, 0.05) is 28.3 Å². The molecule has 2 N–H and O–H groups in total. The van der Waals surface area contributed by atoms with E-state index in [1.54, 1.807) is 0 Å². The summed E-state index contributed by atoms with van der Waals surface area (Å²) in [6, 6.07) is 21.6. The predicted molar refractivity (Wildman–Crippen MR) is 166 cm³/mol. The van der Waals surface area contributed by atoms with E-state index in [-0.39, 0.29) is 17.7 Å². The number of aromatic nitrogens is 2. The van der Waals surface area contributed by atoms with E-state index in [9.17, 15) is 22.8 Å². The van der Waals surface area contributed by atoms with Crippen molar-refractivity contribution in [1.29, 1.82) is 0 Å². The van der Waals surface area contributed by atoms with Crippen molar-refractivity contribution >= 4 is 72.6 Å². The Balaban J connectivity index is 1.24. The number of nitrogens with one attached hydrogen (secondary N) is 2. The molecule has 6 rings (SSSR count). The molecule has 43 heavy (non-hydrogen) atoms. The van der Waals surface area contributed by atoms with Crippen molar-refractivity contribution in [2.75, 3.05) is 11.1 Å². The molecule has 0 aliphatic carbocycles. The highest BCUT2D eigenvalue weighted by atomic mass is 32.2. The SMILES string of the molecule is O=C(Cc1ccc(F)cc1)NC(CSCc1nc2c(F)cc(F)cc2s1)C(=O)Nc1c2ccccc2nc2ccccc12. The van der Waals surface area contributed by atoms with E-state index in [1.165, 1.54) is 53.4 Å². The number of carbonyl (C=O) groups excluding carboxylic acids is 2. The van der Waals surface area contributed by atoms with E-state index in [0.29, 0.717) is 37.7 Å². The Hall–Kier alpha value is -4.48. The molecule has 2 heterocycles. The van der Waals surface area contributed by atoms with Crippen LogP contribution in [0.15, 0.2) is 84.9 Å². The van der Waals surface area contributed by atoms with Crippen molar-refractivity contribution in [2.24, 2.45) is 0 Å². The number of thioether (sulfide) groups is 1. The fourth-order valence-electron chi connectivity index (χ4n) is 4.73. The molecular formula is C32H23F3N4O2S2. The molecule has 216 valence electrons. The van der Waals surface area contributed by atoms with Crippen LogP contribution in [0.4, 0.5) is 18.9 Å². The van der Waals surface area contributed by atoms with Crippen LogP contribution in [0.1, 0.15) is 10.6 Å². The van der Waals surface area contributed by atoms with E-state index in [0.717, 1.165) is 16.8 Å². The number of anilines is 1. The maximum Gasteiger partial charge on any atom is 0.247 e. The standard InChI is InChI=1S/C32H23F3N4O2S2/c33-19-11-9-18(10-12-19)13-28(40)37-26(16-42-17-29-38-31-23(35)14-20(34)15-27(31)43-29)32(41)39-30-21-5-1-3-7-24(21)36-25-8-4-2-6-22(25)30/h1-12,14-15,26H,13,16-17H2,(H,37,40)(H,36,39,41). The average Bonchev–Trinajstić information content (AvgIpc) is 3.40. The molecule has 1 unspecified atom stereocenters. The van der Waals surface area contributed by atoms with Crippen LogP contribution in [0.3, 0.4) is 0 Å². The number of rotatable bonds is 9. The van der Waals surface area contributed by atoms with Crippen LogP contribution >= 0.6 is 23.1 Å². The van der Waals surface area contributed by atoms with Gasteiger partial charge >= 0.3 is 0 Å². The van der Waals surface area contributed by atoms with Gasteiger partial charge in [0.2, 0.25) is 11.8 Å². The van der Waals surface area contributed by atoms with E-state index in [2.05, 4.69) is 15.6 Å². The number of fused-ring (bicyclic) bond motifs is 3. The van der Waals surface area contributed by atoms with Crippen molar-refractivity contribution in [3.63, 3.8) is 0 Å². The molecule has 6 nitrogen and oxygen atoms in total. The fourth-order valence-corrected chi connectivity index (χ4v) is 6.85. The first-order chi connectivity index (χ1) is 20.8. The number of halogens is 3. The van der Waals surface area contributed by atoms with Crippen LogP contribution < -0.4 is 10.6 Å². The summed E-state index contributed by atoms with van der Waals surface area (Å²) in [7, 11) is 0. The lowest BCUT2D eigenvalue weighted by molar-refractivity contribution is -0.125. The molecule has 11 heteroatoms. The van der Waals surface area contributed by atoms with E-state index in [1.807, 2.05) is 48.5 Å². The largest absolute Gasteiger partial charge is 0.343 e. The third kappa shape index (κ3) is 6.47. The zero-order valence-corrected chi connectivity index (χ0v) is 24.1. The zero-order chi connectivity index (χ0) is 29.9. The Kier molecular flexibility index (Phi) is 8.26. The molecule has 0 saturated carbocycles. The third-order valence-electron chi connectivity index (χ3n) is 6.73. The third-order valence-corrected chi connectivity index (χ3v) is 8.96. The Morgan fingerprint density at radius 3 is 2.21 bits per heavy atom. The molecule has 0 bridgehead atoms. The monoisotopic (exact) mass is 616 g/mol. The van der Waals surface area contributed by atoms with Gasteiger partial charge < -0.3 is 10.6 Å². The summed E-state index contributed by atoms with van der Waals surface area (Å²) in [6.07, 6.45) is -0.0431. The summed E-state index contributed by atoms with van der Waals surface area (Å²) >= 11 is 2.50. The zero-order valence-electron chi connectivity index (χ0n) is 22.4. The van der Waals surface area contributed by atoms with Crippen LogP contribution in [0, 0.1) is 17.5 Å². The summed E-state index contributed by atoms with van der Waals surface area (Å²) in [5, 5.41) is 7.91. The highest BCUT2D eigenvalue weighted by molar-refractivity contribution is 7.98. The Morgan fingerprint density at radius 2 is 1.51 bits per heavy atom. The van der Waals surface area contributed by atoms with Crippen LogP contribution in [0.5, 0.6) is 0 Å². The molecule has 0 spiro atoms. The number of thiazole rings is 1. The van der Waals surface area contributed by atoms with Gasteiger partial charge in [-0.2, -0.15) is 11.8 Å². The van der Waals surface area contributed by atoms with Crippen molar-refractivity contribution in [3.05, 3.63) is 113 Å². The summed E-state index contributed by atoms with van der Waals surface area (Å²) in [5.74, 6) is -2.16. The van der Waals surface area contributed by atoms with Gasteiger partial charge in [0.05, 0.1) is 27.8 Å². The van der Waals surface area contributed by atoms with E-state index < -0.39 is 35.3 Å². The second kappa shape index (κ2) is 12.4. The number of para-hydroxylation sites is 2. The molecule has 0 radical (unpaired) electrons. The minimum Gasteiger partial charge on any atom is -0.343 e. The highest BCUT2D eigenvalue weighted by Crippen LogP contribution is 2.31. The second-order valence-corrected chi connectivity index (χ2v) is 11.9. The molecular weight excluding hydrogens is 594 g/mol. The van der Waals surface area contributed by atoms with E-state index in [4.69, 9.17) is 4.98 Å². The fraction of sp³-hybridized carbons (Fsp3) is 0.125. The minimum absolute atomic E-state index is 0.0431. The van der Waals surface area contributed by atoms with Crippen LogP contribution in [-0.4, -0.2) is 33.6 Å². The van der Waals surface area contributed by atoms with Gasteiger partial charge in [-0.05, 0) is 35.9 Å². The van der Waals surface area contributed by atoms with Crippen molar-refractivity contribution in [1.82, 2.24) is 15.3 Å². The van der Waals surface area contributed by atoms with Crippen LogP contribution in [-0.2, 0) is 21.8 Å². The molecule has 0 aliphatic rings. The van der Waals surface area contributed by atoms with Crippen LogP contribution in [0.25, 0.3) is 32.0 Å². The number of carbonyl (C=O) groups is 2. The number of benzene rings is 4. The molecule has 0 saturated heterocycles. The first kappa shape index (κ1) is 28.6. The van der Waals surface area contributed by atoms with Crippen LogP contribution in [0.2, 0.25) is 0 Å². The quantitative estimate of drug-likeness (QED) is 0.171. The van der Waals surface area contributed by atoms with Crippen molar-refractivity contribution in [3.8, 4) is 0 Å².